The molecule has 1 aromatic carbocycles. The maximum Gasteiger partial charge on any atom is 0.123 e. The molecule has 0 heterocycles. The van der Waals surface area contributed by atoms with Crippen LogP contribution in [-0.2, 0) is 0 Å². The van der Waals surface area contributed by atoms with Gasteiger partial charge < -0.3 is 5.11 Å². The minimum Gasteiger partial charge on any atom is -0.507 e. The molecule has 0 spiro atoms. The zero-order valence-electron chi connectivity index (χ0n) is 6.21. The molecule has 0 aliphatic rings. The summed E-state index contributed by atoms with van der Waals surface area (Å²) in [4.78, 5) is 0. The molecule has 0 amide bonds. The number of phenolic OH excluding ortho intramolecular Hbond substituents is 1. The van der Waals surface area contributed by atoms with Crippen LogP contribution in [0.25, 0.3) is 6.08 Å². The Morgan fingerprint density at radius 2 is 2.18 bits per heavy atom. The Kier molecular flexibility index (Phi) is 2.71. The average Bonchev–Trinajstić information content (AvgIpc) is 1.95. The lowest BCUT2D eigenvalue weighted by Crippen LogP contribution is -1.73. The molecule has 1 rings (SSSR count). The normalized spacial score (nSPS) is 10.7. The van der Waals surface area contributed by atoms with Crippen molar-refractivity contribution in [3.8, 4) is 5.75 Å². The first-order chi connectivity index (χ1) is 5.24. The number of hydrogen-bond acceptors (Lipinski definition) is 1. The predicted octanol–water partition coefficient (Wildman–Crippen LogP) is 3.19. The molecule has 0 fully saturated rings. The maximum absolute atomic E-state index is 9.34. The third kappa shape index (κ3) is 2.09. The van der Waals surface area contributed by atoms with Gasteiger partial charge in [-0.15, -0.1) is 0 Å². The average molecular weight is 213 g/mol. The van der Waals surface area contributed by atoms with Gasteiger partial charge in [-0.25, -0.2) is 0 Å². The van der Waals surface area contributed by atoms with Gasteiger partial charge in [0.1, 0.15) is 5.75 Å². The second-order valence-electron chi connectivity index (χ2n) is 2.20. The van der Waals surface area contributed by atoms with Crippen molar-refractivity contribution in [2.45, 2.75) is 6.92 Å². The second kappa shape index (κ2) is 3.58. The Bertz CT molecular complexity index is 279. The van der Waals surface area contributed by atoms with Crippen LogP contribution in [0.4, 0.5) is 0 Å². The zero-order chi connectivity index (χ0) is 8.27. The predicted molar refractivity (Wildman–Crippen MR) is 50.5 cm³/mol. The third-order valence-corrected chi connectivity index (χ3v) is 1.83. The van der Waals surface area contributed by atoms with Crippen LogP contribution in [0.2, 0.25) is 0 Å². The van der Waals surface area contributed by atoms with Crippen molar-refractivity contribution < 1.29 is 5.11 Å². The molecule has 2 heteroatoms. The molecule has 11 heavy (non-hydrogen) atoms. The van der Waals surface area contributed by atoms with E-state index in [0.717, 1.165) is 10.0 Å². The van der Waals surface area contributed by atoms with Crippen LogP contribution in [-0.4, -0.2) is 5.11 Å². The van der Waals surface area contributed by atoms with E-state index in [9.17, 15) is 5.11 Å². The molecular formula is C9H9BrO. The van der Waals surface area contributed by atoms with E-state index in [1.54, 1.807) is 6.07 Å². The fraction of sp³-hybridized carbons (Fsp3) is 0.111. The first kappa shape index (κ1) is 8.34. The number of allylic oxidation sites excluding steroid dienone is 1. The van der Waals surface area contributed by atoms with Crippen LogP contribution in [0.1, 0.15) is 12.5 Å². The molecule has 0 atom stereocenters. The van der Waals surface area contributed by atoms with Gasteiger partial charge in [0.15, 0.2) is 0 Å². The summed E-state index contributed by atoms with van der Waals surface area (Å²) in [5, 5.41) is 9.34. The highest BCUT2D eigenvalue weighted by molar-refractivity contribution is 9.10. The molecule has 0 aliphatic carbocycles. The zero-order valence-corrected chi connectivity index (χ0v) is 7.80. The second-order valence-corrected chi connectivity index (χ2v) is 3.12. The Morgan fingerprint density at radius 3 is 2.73 bits per heavy atom. The topological polar surface area (TPSA) is 20.2 Å². The van der Waals surface area contributed by atoms with Crippen molar-refractivity contribution in [1.82, 2.24) is 0 Å². The van der Waals surface area contributed by atoms with E-state index < -0.39 is 0 Å². The molecule has 58 valence electrons. The number of hydrogen-bond donors (Lipinski definition) is 1. The Hall–Kier alpha value is -0.760. The molecule has 0 aliphatic heterocycles. The van der Waals surface area contributed by atoms with Crippen molar-refractivity contribution in [3.05, 3.63) is 34.3 Å². The van der Waals surface area contributed by atoms with Crippen molar-refractivity contribution in [1.29, 1.82) is 0 Å². The van der Waals surface area contributed by atoms with Crippen LogP contribution in [0.5, 0.6) is 5.75 Å². The van der Waals surface area contributed by atoms with E-state index in [-0.39, 0.29) is 0 Å². The Labute approximate surface area is 74.5 Å². The number of benzene rings is 1. The molecule has 0 radical (unpaired) electrons. The fourth-order valence-electron chi connectivity index (χ4n) is 0.837. The summed E-state index contributed by atoms with van der Waals surface area (Å²) in [5.74, 6) is 0.303. The lowest BCUT2D eigenvalue weighted by atomic mass is 10.2. The summed E-state index contributed by atoms with van der Waals surface area (Å²) in [6.45, 7) is 1.92. The van der Waals surface area contributed by atoms with E-state index >= 15 is 0 Å². The Balaban J connectivity index is 3.09. The number of halogens is 1. The summed E-state index contributed by atoms with van der Waals surface area (Å²) in [5.41, 5.74) is 0.843. The van der Waals surface area contributed by atoms with Crippen molar-refractivity contribution in [2.75, 3.05) is 0 Å². The first-order valence-electron chi connectivity index (χ1n) is 3.35. The van der Waals surface area contributed by atoms with E-state index in [0.29, 0.717) is 5.75 Å². The van der Waals surface area contributed by atoms with E-state index in [1.807, 2.05) is 31.2 Å². The van der Waals surface area contributed by atoms with Crippen molar-refractivity contribution in [2.24, 2.45) is 0 Å². The monoisotopic (exact) mass is 212 g/mol. The van der Waals surface area contributed by atoms with Gasteiger partial charge in [-0.3, -0.25) is 0 Å². The maximum atomic E-state index is 9.34. The number of phenols is 1. The van der Waals surface area contributed by atoms with E-state index in [2.05, 4.69) is 15.9 Å². The highest BCUT2D eigenvalue weighted by Gasteiger charge is 1.95. The summed E-state index contributed by atoms with van der Waals surface area (Å²) < 4.78 is 0.892. The molecule has 0 aromatic heterocycles. The summed E-state index contributed by atoms with van der Waals surface area (Å²) in [6.07, 6.45) is 3.75. The standard InChI is InChI=1S/C9H9BrO/c1-2-3-7-4-5-8(10)6-9(7)11/h2-6,11H,1H3/b3-2+. The van der Waals surface area contributed by atoms with E-state index in [1.165, 1.54) is 0 Å². The lowest BCUT2D eigenvalue weighted by molar-refractivity contribution is 0.473. The summed E-state index contributed by atoms with van der Waals surface area (Å²) in [7, 11) is 0. The highest BCUT2D eigenvalue weighted by atomic mass is 79.9. The SMILES string of the molecule is C/C=C/c1ccc(Br)cc1O. The van der Waals surface area contributed by atoms with Crippen LogP contribution < -0.4 is 0 Å². The summed E-state index contributed by atoms with van der Waals surface area (Å²) in [6, 6.07) is 5.43. The van der Waals surface area contributed by atoms with Gasteiger partial charge in [0.05, 0.1) is 0 Å². The van der Waals surface area contributed by atoms with Crippen LogP contribution in [0.3, 0.4) is 0 Å². The first-order valence-corrected chi connectivity index (χ1v) is 4.14. The number of aromatic hydroxyl groups is 1. The molecule has 0 unspecified atom stereocenters. The summed E-state index contributed by atoms with van der Waals surface area (Å²) >= 11 is 3.26. The smallest absolute Gasteiger partial charge is 0.123 e. The lowest BCUT2D eigenvalue weighted by Gasteiger charge is -1.97. The van der Waals surface area contributed by atoms with Gasteiger partial charge in [-0.1, -0.05) is 34.1 Å². The van der Waals surface area contributed by atoms with Crippen LogP contribution >= 0.6 is 15.9 Å². The molecule has 1 aromatic rings. The largest absolute Gasteiger partial charge is 0.507 e. The molecule has 0 saturated carbocycles. The third-order valence-electron chi connectivity index (χ3n) is 1.34. The van der Waals surface area contributed by atoms with Crippen molar-refractivity contribution in [3.63, 3.8) is 0 Å². The Morgan fingerprint density at radius 1 is 1.45 bits per heavy atom. The van der Waals surface area contributed by atoms with E-state index in [4.69, 9.17) is 0 Å². The minimum atomic E-state index is 0.303. The van der Waals surface area contributed by atoms with Gasteiger partial charge in [0.25, 0.3) is 0 Å². The fourth-order valence-corrected chi connectivity index (χ4v) is 1.19. The van der Waals surface area contributed by atoms with Gasteiger partial charge in [-0.2, -0.15) is 0 Å². The van der Waals surface area contributed by atoms with Crippen molar-refractivity contribution >= 4 is 22.0 Å². The number of rotatable bonds is 1. The quantitative estimate of drug-likeness (QED) is 0.759. The van der Waals surface area contributed by atoms with Gasteiger partial charge in [-0.05, 0) is 19.1 Å². The van der Waals surface area contributed by atoms with Gasteiger partial charge in [0, 0.05) is 10.0 Å². The van der Waals surface area contributed by atoms with Crippen LogP contribution in [0, 0.1) is 0 Å². The highest BCUT2D eigenvalue weighted by Crippen LogP contribution is 2.22. The molecule has 1 nitrogen and oxygen atoms in total. The van der Waals surface area contributed by atoms with Gasteiger partial charge in [0.2, 0.25) is 0 Å². The van der Waals surface area contributed by atoms with Crippen LogP contribution in [0.15, 0.2) is 28.7 Å². The van der Waals surface area contributed by atoms with Gasteiger partial charge >= 0.3 is 0 Å². The molecule has 0 bridgehead atoms. The molecular weight excluding hydrogens is 204 g/mol. The molecule has 0 saturated heterocycles. The molecule has 1 N–H and O–H groups in total. The minimum absolute atomic E-state index is 0.303.